The normalized spacial score (nSPS) is 10.9. The highest BCUT2D eigenvalue weighted by atomic mass is 79.9. The first kappa shape index (κ1) is 13.7. The number of aromatic nitrogens is 2. The number of hydrogen-bond acceptors (Lipinski definition) is 2. The number of nitrogens with zero attached hydrogens (tertiary/aromatic N) is 2. The van der Waals surface area contributed by atoms with Gasteiger partial charge in [0.2, 0.25) is 0 Å². The Morgan fingerprint density at radius 2 is 2.00 bits per heavy atom. The molecule has 1 aromatic carbocycles. The van der Waals surface area contributed by atoms with E-state index in [1.54, 1.807) is 0 Å². The predicted octanol–water partition coefficient (Wildman–Crippen LogP) is 5.02. The highest BCUT2D eigenvalue weighted by Gasteiger charge is 2.05. The van der Waals surface area contributed by atoms with Crippen LogP contribution in [-0.4, -0.2) is 9.38 Å². The Labute approximate surface area is 134 Å². The van der Waals surface area contributed by atoms with E-state index in [0.717, 1.165) is 21.5 Å². The highest BCUT2D eigenvalue weighted by molar-refractivity contribution is 9.10. The summed E-state index contributed by atoms with van der Waals surface area (Å²) in [5.41, 5.74) is 2.74. The third-order valence-corrected chi connectivity index (χ3v) is 4.50. The van der Waals surface area contributed by atoms with Crippen molar-refractivity contribution in [2.24, 2.45) is 0 Å². The number of fused-ring (bicyclic) bond motifs is 1. The molecule has 2 aromatic heterocycles. The van der Waals surface area contributed by atoms with E-state index >= 15 is 0 Å². The monoisotopic (exact) mass is 369 g/mol. The summed E-state index contributed by atoms with van der Waals surface area (Å²) in [6.45, 7) is 0.609. The van der Waals surface area contributed by atoms with Crippen LogP contribution in [-0.2, 0) is 6.54 Å². The van der Waals surface area contributed by atoms with Gasteiger partial charge in [0.25, 0.3) is 0 Å². The van der Waals surface area contributed by atoms with Crippen molar-refractivity contribution in [2.45, 2.75) is 6.54 Å². The lowest BCUT2D eigenvalue weighted by atomic mass is 10.3. The summed E-state index contributed by atoms with van der Waals surface area (Å²) in [5.74, 6) is 0. The van der Waals surface area contributed by atoms with Crippen molar-refractivity contribution >= 4 is 50.5 Å². The van der Waals surface area contributed by atoms with Crippen LogP contribution >= 0.6 is 39.1 Å². The van der Waals surface area contributed by atoms with E-state index in [0.29, 0.717) is 16.6 Å². The molecule has 0 aliphatic rings. The van der Waals surface area contributed by atoms with Crippen LogP contribution in [0.4, 0.5) is 5.69 Å². The maximum Gasteiger partial charge on any atom is 0.137 e. The van der Waals surface area contributed by atoms with Crippen LogP contribution in [0, 0.1) is 0 Å². The molecule has 3 rings (SSSR count). The number of hydrogen-bond donors (Lipinski definition) is 1. The summed E-state index contributed by atoms with van der Waals surface area (Å²) in [4.78, 5) is 4.51. The van der Waals surface area contributed by atoms with Gasteiger partial charge in [-0.1, -0.05) is 29.3 Å². The molecule has 0 saturated carbocycles. The molecule has 0 spiro atoms. The van der Waals surface area contributed by atoms with Gasteiger partial charge in [0.1, 0.15) is 5.65 Å². The van der Waals surface area contributed by atoms with Gasteiger partial charge in [-0.2, -0.15) is 0 Å². The molecule has 1 N–H and O–H groups in total. The summed E-state index contributed by atoms with van der Waals surface area (Å²) in [6, 6.07) is 9.42. The van der Waals surface area contributed by atoms with Crippen molar-refractivity contribution < 1.29 is 0 Å². The summed E-state index contributed by atoms with van der Waals surface area (Å²) in [5, 5.41) is 4.67. The maximum absolute atomic E-state index is 6.06. The maximum atomic E-state index is 6.06. The fraction of sp³-hybridized carbons (Fsp3) is 0.0714. The molecular formula is C14H10BrCl2N3. The minimum absolute atomic E-state index is 0.609. The molecule has 0 aliphatic carbocycles. The second-order valence-corrected chi connectivity index (χ2v) is 5.94. The summed E-state index contributed by atoms with van der Waals surface area (Å²) >= 11 is 15.5. The lowest BCUT2D eigenvalue weighted by Crippen LogP contribution is -2.00. The van der Waals surface area contributed by atoms with E-state index in [9.17, 15) is 0 Å². The quantitative estimate of drug-likeness (QED) is 0.701. The molecule has 0 saturated heterocycles. The number of pyridine rings is 1. The number of imidazole rings is 1. The van der Waals surface area contributed by atoms with Gasteiger partial charge in [0.15, 0.2) is 0 Å². The lowest BCUT2D eigenvalue weighted by Gasteiger charge is -2.07. The highest BCUT2D eigenvalue weighted by Crippen LogP contribution is 2.30. The molecule has 0 radical (unpaired) electrons. The van der Waals surface area contributed by atoms with Gasteiger partial charge in [-0.3, -0.25) is 0 Å². The standard InChI is InChI=1S/C14H10BrCl2N3/c15-14-11(17)2-1-3-12(14)18-6-10-8-20-7-9(16)4-5-13(20)19-10/h1-5,7-8,18H,6H2. The zero-order valence-corrected chi connectivity index (χ0v) is 13.4. The second-order valence-electron chi connectivity index (χ2n) is 4.30. The SMILES string of the molecule is Clc1ccc2nc(CNc3cccc(Cl)c3Br)cn2c1. The molecule has 6 heteroatoms. The number of rotatable bonds is 3. The molecule has 3 aromatic rings. The molecule has 0 atom stereocenters. The van der Waals surface area contributed by atoms with Crippen LogP contribution in [0.3, 0.4) is 0 Å². The molecule has 102 valence electrons. The van der Waals surface area contributed by atoms with E-state index in [1.165, 1.54) is 0 Å². The third-order valence-electron chi connectivity index (χ3n) is 2.88. The molecule has 0 bridgehead atoms. The topological polar surface area (TPSA) is 29.3 Å². The minimum Gasteiger partial charge on any atom is -0.378 e. The third kappa shape index (κ3) is 2.77. The Bertz CT molecular complexity index is 770. The molecule has 0 fully saturated rings. The Hall–Kier alpha value is -1.23. The average Bonchev–Trinajstić information content (AvgIpc) is 2.82. The Balaban J connectivity index is 1.81. The van der Waals surface area contributed by atoms with Gasteiger partial charge in [0, 0.05) is 12.4 Å². The Morgan fingerprint density at radius 1 is 1.15 bits per heavy atom. The lowest BCUT2D eigenvalue weighted by molar-refractivity contribution is 1.08. The zero-order chi connectivity index (χ0) is 14.1. The van der Waals surface area contributed by atoms with Crippen LogP contribution in [0.15, 0.2) is 47.2 Å². The first-order valence-corrected chi connectivity index (χ1v) is 7.49. The van der Waals surface area contributed by atoms with Crippen LogP contribution in [0.5, 0.6) is 0 Å². The van der Waals surface area contributed by atoms with Crippen LogP contribution in [0.25, 0.3) is 5.65 Å². The minimum atomic E-state index is 0.609. The molecule has 0 aliphatic heterocycles. The van der Waals surface area contributed by atoms with Crippen LogP contribution in [0.1, 0.15) is 5.69 Å². The zero-order valence-electron chi connectivity index (χ0n) is 10.3. The first-order valence-electron chi connectivity index (χ1n) is 5.94. The van der Waals surface area contributed by atoms with Crippen LogP contribution < -0.4 is 5.32 Å². The summed E-state index contributed by atoms with van der Waals surface area (Å²) in [7, 11) is 0. The van der Waals surface area contributed by atoms with Crippen molar-refractivity contribution in [2.75, 3.05) is 5.32 Å². The van der Waals surface area contributed by atoms with E-state index in [4.69, 9.17) is 23.2 Å². The number of anilines is 1. The number of benzene rings is 1. The number of nitrogens with one attached hydrogen (secondary N) is 1. The van der Waals surface area contributed by atoms with Gasteiger partial charge in [0.05, 0.1) is 32.4 Å². The van der Waals surface area contributed by atoms with Gasteiger partial charge >= 0.3 is 0 Å². The fourth-order valence-corrected chi connectivity index (χ4v) is 2.68. The predicted molar refractivity (Wildman–Crippen MR) is 86.7 cm³/mol. The average molecular weight is 371 g/mol. The van der Waals surface area contributed by atoms with Gasteiger partial charge < -0.3 is 9.72 Å². The van der Waals surface area contributed by atoms with Crippen molar-refractivity contribution in [3.05, 3.63) is 62.9 Å². The molecular weight excluding hydrogens is 361 g/mol. The van der Waals surface area contributed by atoms with Crippen molar-refractivity contribution in [3.8, 4) is 0 Å². The van der Waals surface area contributed by atoms with E-state index < -0.39 is 0 Å². The smallest absolute Gasteiger partial charge is 0.137 e. The second kappa shape index (κ2) is 5.64. The first-order chi connectivity index (χ1) is 9.63. The molecule has 20 heavy (non-hydrogen) atoms. The summed E-state index contributed by atoms with van der Waals surface area (Å²) in [6.07, 6.45) is 3.79. The van der Waals surface area contributed by atoms with Gasteiger partial charge in [-0.05, 0) is 40.2 Å². The fourth-order valence-electron chi connectivity index (χ4n) is 1.93. The largest absolute Gasteiger partial charge is 0.378 e. The van der Waals surface area contributed by atoms with Crippen LogP contribution in [0.2, 0.25) is 10.0 Å². The van der Waals surface area contributed by atoms with Gasteiger partial charge in [-0.15, -0.1) is 0 Å². The van der Waals surface area contributed by atoms with Crippen molar-refractivity contribution in [1.29, 1.82) is 0 Å². The Morgan fingerprint density at radius 3 is 2.85 bits per heavy atom. The molecule has 0 unspecified atom stereocenters. The molecule has 0 amide bonds. The molecule has 2 heterocycles. The number of halogens is 3. The van der Waals surface area contributed by atoms with E-state index in [2.05, 4.69) is 26.2 Å². The molecule has 3 nitrogen and oxygen atoms in total. The van der Waals surface area contributed by atoms with E-state index in [-0.39, 0.29) is 0 Å². The summed E-state index contributed by atoms with van der Waals surface area (Å²) < 4.78 is 2.76. The van der Waals surface area contributed by atoms with E-state index in [1.807, 2.05) is 47.1 Å². The Kier molecular flexibility index (Phi) is 3.87. The van der Waals surface area contributed by atoms with Crippen molar-refractivity contribution in [1.82, 2.24) is 9.38 Å². The van der Waals surface area contributed by atoms with Gasteiger partial charge in [-0.25, -0.2) is 4.98 Å². The van der Waals surface area contributed by atoms with Crippen molar-refractivity contribution in [3.63, 3.8) is 0 Å².